The number of nitrogens with zero attached hydrogens (tertiary/aromatic N) is 1. The number of hydrogen-bond acceptors (Lipinski definition) is 3. The second kappa shape index (κ2) is 8.71. The lowest BCUT2D eigenvalue weighted by Gasteiger charge is -2.31. The fourth-order valence-corrected chi connectivity index (χ4v) is 3.17. The summed E-state index contributed by atoms with van der Waals surface area (Å²) in [5.74, 6) is 0. The van der Waals surface area contributed by atoms with Crippen LogP contribution in [0.3, 0.4) is 0 Å². The SMILES string of the molecule is CC1=C(C)C(O)C(CCN(C)C(=O)NCc2ccc(Cl)cc2)=C(C)C1O. The molecule has 5 nitrogen and oxygen atoms in total. The number of nitrogens with one attached hydrogen (secondary N) is 1. The van der Waals surface area contributed by atoms with Crippen molar-refractivity contribution in [3.05, 3.63) is 57.1 Å². The van der Waals surface area contributed by atoms with Gasteiger partial charge in [-0.2, -0.15) is 0 Å². The van der Waals surface area contributed by atoms with Crippen molar-refractivity contribution in [2.45, 2.75) is 45.9 Å². The molecule has 2 atom stereocenters. The first-order valence-electron chi connectivity index (χ1n) is 8.68. The zero-order chi connectivity index (χ0) is 19.4. The number of amides is 2. The fraction of sp³-hybridized carbons (Fsp3) is 0.450. The van der Waals surface area contributed by atoms with Crippen LogP contribution >= 0.6 is 11.6 Å². The van der Waals surface area contributed by atoms with Crippen LogP contribution in [-0.4, -0.2) is 46.9 Å². The molecule has 3 N–H and O–H groups in total. The zero-order valence-electron chi connectivity index (χ0n) is 15.7. The Morgan fingerprint density at radius 1 is 1.08 bits per heavy atom. The summed E-state index contributed by atoms with van der Waals surface area (Å²) in [5, 5.41) is 24.3. The molecule has 1 aliphatic rings. The third-order valence-corrected chi connectivity index (χ3v) is 5.36. The molecule has 0 bridgehead atoms. The lowest BCUT2D eigenvalue weighted by Crippen LogP contribution is -2.38. The van der Waals surface area contributed by atoms with Gasteiger partial charge in [0.05, 0.1) is 12.2 Å². The highest BCUT2D eigenvalue weighted by atomic mass is 35.5. The Kier molecular flexibility index (Phi) is 6.87. The van der Waals surface area contributed by atoms with Crippen LogP contribution in [0.4, 0.5) is 4.79 Å². The zero-order valence-corrected chi connectivity index (χ0v) is 16.5. The minimum absolute atomic E-state index is 0.188. The molecule has 0 saturated heterocycles. The molecule has 0 heterocycles. The Morgan fingerprint density at radius 2 is 1.65 bits per heavy atom. The average Bonchev–Trinajstić information content (AvgIpc) is 2.63. The van der Waals surface area contributed by atoms with Crippen molar-refractivity contribution in [2.24, 2.45) is 0 Å². The maximum atomic E-state index is 12.3. The van der Waals surface area contributed by atoms with Gasteiger partial charge in [-0.15, -0.1) is 0 Å². The van der Waals surface area contributed by atoms with E-state index in [1.165, 1.54) is 0 Å². The van der Waals surface area contributed by atoms with Crippen LogP contribution in [0.15, 0.2) is 46.6 Å². The Hall–Kier alpha value is -1.82. The molecular weight excluding hydrogens is 352 g/mol. The summed E-state index contributed by atoms with van der Waals surface area (Å²) in [6.45, 7) is 6.37. The van der Waals surface area contributed by atoms with E-state index < -0.39 is 12.2 Å². The van der Waals surface area contributed by atoms with Gasteiger partial charge in [-0.3, -0.25) is 0 Å². The summed E-state index contributed by atoms with van der Waals surface area (Å²) in [7, 11) is 1.71. The van der Waals surface area contributed by atoms with E-state index in [0.717, 1.165) is 27.9 Å². The number of carbonyl (C=O) groups is 1. The Bertz CT molecular complexity index is 725. The first kappa shape index (κ1) is 20.5. The van der Waals surface area contributed by atoms with Crippen molar-refractivity contribution in [1.29, 1.82) is 0 Å². The number of benzene rings is 1. The number of aliphatic hydroxyl groups is 2. The summed E-state index contributed by atoms with van der Waals surface area (Å²) in [6.07, 6.45) is -0.833. The second-order valence-corrected chi connectivity index (χ2v) is 7.27. The monoisotopic (exact) mass is 378 g/mol. The average molecular weight is 379 g/mol. The summed E-state index contributed by atoms with van der Waals surface area (Å²) in [6, 6.07) is 7.13. The maximum Gasteiger partial charge on any atom is 0.317 e. The van der Waals surface area contributed by atoms with Crippen molar-refractivity contribution < 1.29 is 15.0 Å². The van der Waals surface area contributed by atoms with Gasteiger partial charge in [0.2, 0.25) is 0 Å². The van der Waals surface area contributed by atoms with E-state index in [0.29, 0.717) is 24.5 Å². The molecule has 1 aliphatic carbocycles. The smallest absolute Gasteiger partial charge is 0.317 e. The third kappa shape index (κ3) is 4.67. The molecule has 6 heteroatoms. The molecular formula is C20H27ClN2O3. The fourth-order valence-electron chi connectivity index (χ4n) is 3.05. The highest BCUT2D eigenvalue weighted by molar-refractivity contribution is 6.30. The summed E-state index contributed by atoms with van der Waals surface area (Å²) >= 11 is 5.85. The van der Waals surface area contributed by atoms with Crippen molar-refractivity contribution in [2.75, 3.05) is 13.6 Å². The van der Waals surface area contributed by atoms with E-state index >= 15 is 0 Å². The van der Waals surface area contributed by atoms with Crippen LogP contribution in [-0.2, 0) is 6.54 Å². The Balaban J connectivity index is 1.90. The van der Waals surface area contributed by atoms with Gasteiger partial charge < -0.3 is 20.4 Å². The molecule has 0 fully saturated rings. The molecule has 0 aromatic heterocycles. The molecule has 0 spiro atoms. The van der Waals surface area contributed by atoms with Crippen LogP contribution < -0.4 is 5.32 Å². The molecule has 0 radical (unpaired) electrons. The van der Waals surface area contributed by atoms with Gasteiger partial charge in [0, 0.05) is 25.2 Å². The van der Waals surface area contributed by atoms with Crippen LogP contribution in [0.5, 0.6) is 0 Å². The molecule has 2 unspecified atom stereocenters. The van der Waals surface area contributed by atoms with Crippen LogP contribution in [0, 0.1) is 0 Å². The van der Waals surface area contributed by atoms with Crippen molar-refractivity contribution in [3.8, 4) is 0 Å². The maximum absolute atomic E-state index is 12.3. The second-order valence-electron chi connectivity index (χ2n) is 6.84. The Morgan fingerprint density at radius 3 is 2.27 bits per heavy atom. The number of aliphatic hydroxyl groups excluding tert-OH is 2. The van der Waals surface area contributed by atoms with Gasteiger partial charge in [-0.25, -0.2) is 4.79 Å². The molecule has 142 valence electrons. The molecule has 1 aromatic carbocycles. The largest absolute Gasteiger partial charge is 0.384 e. The van der Waals surface area contributed by atoms with Crippen LogP contribution in [0.2, 0.25) is 5.02 Å². The summed E-state index contributed by atoms with van der Waals surface area (Å²) in [5.41, 5.74) is 4.12. The highest BCUT2D eigenvalue weighted by Crippen LogP contribution is 2.32. The minimum atomic E-state index is -0.691. The number of carbonyl (C=O) groups excluding carboxylic acids is 1. The van der Waals surface area contributed by atoms with E-state index in [9.17, 15) is 15.0 Å². The Labute approximate surface area is 160 Å². The highest BCUT2D eigenvalue weighted by Gasteiger charge is 2.28. The van der Waals surface area contributed by atoms with Crippen LogP contribution in [0.25, 0.3) is 0 Å². The van der Waals surface area contributed by atoms with Crippen molar-refractivity contribution in [3.63, 3.8) is 0 Å². The first-order valence-corrected chi connectivity index (χ1v) is 9.06. The third-order valence-electron chi connectivity index (χ3n) is 5.11. The topological polar surface area (TPSA) is 72.8 Å². The lowest BCUT2D eigenvalue weighted by molar-refractivity contribution is 0.192. The molecule has 0 aliphatic heterocycles. The van der Waals surface area contributed by atoms with Gasteiger partial charge in [-0.05, 0) is 67.2 Å². The van der Waals surface area contributed by atoms with E-state index in [2.05, 4.69) is 5.32 Å². The van der Waals surface area contributed by atoms with E-state index in [1.54, 1.807) is 24.1 Å². The van der Waals surface area contributed by atoms with Crippen LogP contribution in [0.1, 0.15) is 32.8 Å². The normalized spacial score (nSPS) is 20.4. The van der Waals surface area contributed by atoms with Gasteiger partial charge in [0.1, 0.15) is 0 Å². The molecule has 2 amide bonds. The van der Waals surface area contributed by atoms with Crippen molar-refractivity contribution >= 4 is 17.6 Å². The number of rotatable bonds is 5. The number of hydrogen-bond donors (Lipinski definition) is 3. The van der Waals surface area contributed by atoms with E-state index in [-0.39, 0.29) is 6.03 Å². The molecule has 0 saturated carbocycles. The minimum Gasteiger partial charge on any atom is -0.384 e. The van der Waals surface area contributed by atoms with E-state index in [1.807, 2.05) is 32.9 Å². The predicted molar refractivity (Wildman–Crippen MR) is 104 cm³/mol. The number of halogens is 1. The summed E-state index contributed by atoms with van der Waals surface area (Å²) < 4.78 is 0. The number of urea groups is 1. The van der Waals surface area contributed by atoms with E-state index in [4.69, 9.17) is 11.6 Å². The molecule has 26 heavy (non-hydrogen) atoms. The van der Waals surface area contributed by atoms with Gasteiger partial charge in [0.25, 0.3) is 0 Å². The quantitative estimate of drug-likeness (QED) is 0.688. The standard InChI is InChI=1S/C20H27ClN2O3/c1-12-13(2)19(25)17(14(3)18(12)24)9-10-23(4)20(26)22-11-15-5-7-16(21)8-6-15/h5-8,18-19,24-25H,9-11H2,1-4H3,(H,22,26). The van der Waals surface area contributed by atoms with Gasteiger partial charge >= 0.3 is 6.03 Å². The predicted octanol–water partition coefficient (Wildman–Crippen LogP) is 3.26. The van der Waals surface area contributed by atoms with Gasteiger partial charge in [0.15, 0.2) is 0 Å². The molecule has 1 aromatic rings. The first-order chi connectivity index (χ1) is 12.2. The van der Waals surface area contributed by atoms with Gasteiger partial charge in [-0.1, -0.05) is 23.7 Å². The lowest BCUT2D eigenvalue weighted by atomic mass is 9.82. The van der Waals surface area contributed by atoms with Crippen molar-refractivity contribution in [1.82, 2.24) is 10.2 Å². The summed E-state index contributed by atoms with van der Waals surface area (Å²) in [4.78, 5) is 13.8. The molecule has 2 rings (SSSR count).